The van der Waals surface area contributed by atoms with Gasteiger partial charge in [-0.05, 0) is 37.1 Å². The average molecular weight is 246 g/mol. The summed E-state index contributed by atoms with van der Waals surface area (Å²) in [5.41, 5.74) is 5.96. The van der Waals surface area contributed by atoms with Crippen LogP contribution in [0.4, 0.5) is 4.39 Å². The summed E-state index contributed by atoms with van der Waals surface area (Å²) >= 11 is 5.81. The van der Waals surface area contributed by atoms with Crippen molar-refractivity contribution in [1.82, 2.24) is 0 Å². The molecule has 0 saturated heterocycles. The van der Waals surface area contributed by atoms with Crippen molar-refractivity contribution < 1.29 is 14.3 Å². The van der Waals surface area contributed by atoms with Gasteiger partial charge in [0.2, 0.25) is 0 Å². The standard InChI is InChI=1S/C11H13ClFNO2/c12-10-6-9(13)2-1-7(10)5-8(3-4-14)11(15)16/h1-2,6,8H,3-5,14H2,(H,15,16). The molecule has 16 heavy (non-hydrogen) atoms. The van der Waals surface area contributed by atoms with E-state index < -0.39 is 17.7 Å². The third-order valence-corrected chi connectivity index (χ3v) is 2.70. The molecule has 3 N–H and O–H groups in total. The normalized spacial score (nSPS) is 12.4. The second kappa shape index (κ2) is 5.82. The van der Waals surface area contributed by atoms with Crippen LogP contribution in [0.1, 0.15) is 12.0 Å². The summed E-state index contributed by atoms with van der Waals surface area (Å²) in [6, 6.07) is 3.95. The zero-order valence-corrected chi connectivity index (χ0v) is 9.38. The van der Waals surface area contributed by atoms with E-state index in [1.165, 1.54) is 18.2 Å². The third-order valence-electron chi connectivity index (χ3n) is 2.35. The van der Waals surface area contributed by atoms with Gasteiger partial charge < -0.3 is 10.8 Å². The van der Waals surface area contributed by atoms with E-state index in [4.69, 9.17) is 22.4 Å². The zero-order valence-electron chi connectivity index (χ0n) is 8.62. The van der Waals surface area contributed by atoms with Gasteiger partial charge in [0.1, 0.15) is 5.82 Å². The number of nitrogens with two attached hydrogens (primary N) is 1. The SMILES string of the molecule is NCCC(Cc1ccc(F)cc1Cl)C(=O)O. The second-order valence-electron chi connectivity index (χ2n) is 3.55. The van der Waals surface area contributed by atoms with Crippen molar-refractivity contribution in [3.63, 3.8) is 0 Å². The molecule has 1 unspecified atom stereocenters. The van der Waals surface area contributed by atoms with E-state index in [0.29, 0.717) is 18.5 Å². The van der Waals surface area contributed by atoms with Gasteiger partial charge >= 0.3 is 5.97 Å². The average Bonchev–Trinajstić information content (AvgIpc) is 2.20. The van der Waals surface area contributed by atoms with Crippen LogP contribution in [0.25, 0.3) is 0 Å². The molecule has 0 bridgehead atoms. The molecule has 0 aromatic heterocycles. The smallest absolute Gasteiger partial charge is 0.306 e. The summed E-state index contributed by atoms with van der Waals surface area (Å²) < 4.78 is 12.8. The van der Waals surface area contributed by atoms with Gasteiger partial charge in [-0.15, -0.1) is 0 Å². The van der Waals surface area contributed by atoms with E-state index in [0.717, 1.165) is 0 Å². The van der Waals surface area contributed by atoms with Gasteiger partial charge in [0, 0.05) is 5.02 Å². The maximum absolute atomic E-state index is 12.8. The van der Waals surface area contributed by atoms with Crippen molar-refractivity contribution in [2.45, 2.75) is 12.8 Å². The van der Waals surface area contributed by atoms with Gasteiger partial charge in [0.15, 0.2) is 0 Å². The number of aliphatic carboxylic acids is 1. The Morgan fingerprint density at radius 3 is 2.75 bits per heavy atom. The molecule has 0 saturated carbocycles. The van der Waals surface area contributed by atoms with Gasteiger partial charge in [-0.25, -0.2) is 4.39 Å². The first-order valence-electron chi connectivity index (χ1n) is 4.91. The molecular weight excluding hydrogens is 233 g/mol. The minimum absolute atomic E-state index is 0.253. The van der Waals surface area contributed by atoms with Crippen molar-refractivity contribution in [2.75, 3.05) is 6.54 Å². The third kappa shape index (κ3) is 3.47. The quantitative estimate of drug-likeness (QED) is 0.835. The summed E-state index contributed by atoms with van der Waals surface area (Å²) in [4.78, 5) is 10.9. The van der Waals surface area contributed by atoms with Gasteiger partial charge in [0.05, 0.1) is 5.92 Å². The molecule has 5 heteroatoms. The van der Waals surface area contributed by atoms with E-state index in [1.54, 1.807) is 0 Å². The van der Waals surface area contributed by atoms with Crippen molar-refractivity contribution in [3.8, 4) is 0 Å². The minimum Gasteiger partial charge on any atom is -0.481 e. The molecule has 1 atom stereocenters. The fourth-order valence-electron chi connectivity index (χ4n) is 1.47. The number of carboxylic acids is 1. The number of benzene rings is 1. The molecule has 0 radical (unpaired) electrons. The minimum atomic E-state index is -0.911. The lowest BCUT2D eigenvalue weighted by atomic mass is 9.96. The van der Waals surface area contributed by atoms with Crippen molar-refractivity contribution in [3.05, 3.63) is 34.6 Å². The van der Waals surface area contributed by atoms with E-state index in [2.05, 4.69) is 0 Å². The van der Waals surface area contributed by atoms with Crippen LogP contribution in [0.15, 0.2) is 18.2 Å². The van der Waals surface area contributed by atoms with Crippen LogP contribution in [-0.2, 0) is 11.2 Å². The highest BCUT2D eigenvalue weighted by atomic mass is 35.5. The monoisotopic (exact) mass is 245 g/mol. The molecule has 0 amide bonds. The summed E-state index contributed by atoms with van der Waals surface area (Å²) in [5.74, 6) is -1.92. The highest BCUT2D eigenvalue weighted by Crippen LogP contribution is 2.21. The Hall–Kier alpha value is -1.13. The largest absolute Gasteiger partial charge is 0.481 e. The van der Waals surface area contributed by atoms with Gasteiger partial charge in [-0.3, -0.25) is 4.79 Å². The Bertz CT molecular complexity index is 384. The Morgan fingerprint density at radius 2 is 2.25 bits per heavy atom. The van der Waals surface area contributed by atoms with Crippen LogP contribution in [0, 0.1) is 11.7 Å². The molecule has 88 valence electrons. The molecule has 0 heterocycles. The van der Waals surface area contributed by atoms with Gasteiger partial charge in [0.25, 0.3) is 0 Å². The molecule has 0 aliphatic rings. The number of carbonyl (C=O) groups is 1. The zero-order chi connectivity index (χ0) is 12.1. The fraction of sp³-hybridized carbons (Fsp3) is 0.364. The second-order valence-corrected chi connectivity index (χ2v) is 3.96. The highest BCUT2D eigenvalue weighted by Gasteiger charge is 2.18. The number of carboxylic acid groups (broad SMARTS) is 1. The summed E-state index contributed by atoms with van der Waals surface area (Å²) in [7, 11) is 0. The summed E-state index contributed by atoms with van der Waals surface area (Å²) in [6.45, 7) is 0.301. The fourth-order valence-corrected chi connectivity index (χ4v) is 1.71. The predicted molar refractivity (Wildman–Crippen MR) is 59.9 cm³/mol. The van der Waals surface area contributed by atoms with Gasteiger partial charge in [-0.1, -0.05) is 17.7 Å². The van der Waals surface area contributed by atoms with Crippen molar-refractivity contribution in [1.29, 1.82) is 0 Å². The molecule has 1 aromatic carbocycles. The maximum Gasteiger partial charge on any atom is 0.306 e. The Labute approximate surface area is 98.0 Å². The predicted octanol–water partition coefficient (Wildman–Crippen LogP) is 2.07. The first kappa shape index (κ1) is 12.9. The Morgan fingerprint density at radius 1 is 1.56 bits per heavy atom. The summed E-state index contributed by atoms with van der Waals surface area (Å²) in [5, 5.41) is 9.19. The van der Waals surface area contributed by atoms with Gasteiger partial charge in [-0.2, -0.15) is 0 Å². The van der Waals surface area contributed by atoms with Crippen LogP contribution in [0.3, 0.4) is 0 Å². The van der Waals surface area contributed by atoms with Crippen LogP contribution in [-0.4, -0.2) is 17.6 Å². The topological polar surface area (TPSA) is 63.3 Å². The lowest BCUT2D eigenvalue weighted by molar-refractivity contribution is -0.141. The van der Waals surface area contributed by atoms with Crippen molar-refractivity contribution in [2.24, 2.45) is 11.7 Å². The molecule has 0 spiro atoms. The number of hydrogen-bond donors (Lipinski definition) is 2. The lowest BCUT2D eigenvalue weighted by Gasteiger charge is -2.12. The Balaban J connectivity index is 2.81. The first-order chi connectivity index (χ1) is 7.54. The molecule has 0 aliphatic carbocycles. The van der Waals surface area contributed by atoms with E-state index in [1.807, 2.05) is 0 Å². The molecule has 0 fully saturated rings. The maximum atomic E-state index is 12.8. The van der Waals surface area contributed by atoms with E-state index in [-0.39, 0.29) is 11.4 Å². The number of hydrogen-bond acceptors (Lipinski definition) is 2. The van der Waals surface area contributed by atoms with Crippen LogP contribution in [0.2, 0.25) is 5.02 Å². The molecule has 1 rings (SSSR count). The van der Waals surface area contributed by atoms with Crippen LogP contribution < -0.4 is 5.73 Å². The van der Waals surface area contributed by atoms with Crippen molar-refractivity contribution >= 4 is 17.6 Å². The molecular formula is C11H13ClFNO2. The Kier molecular flexibility index (Phi) is 4.71. The highest BCUT2D eigenvalue weighted by molar-refractivity contribution is 6.31. The number of halogens is 2. The first-order valence-corrected chi connectivity index (χ1v) is 5.29. The summed E-state index contributed by atoms with van der Waals surface area (Å²) in [6.07, 6.45) is 0.648. The van der Waals surface area contributed by atoms with E-state index in [9.17, 15) is 9.18 Å². The van der Waals surface area contributed by atoms with Crippen LogP contribution in [0.5, 0.6) is 0 Å². The molecule has 1 aromatic rings. The molecule has 0 aliphatic heterocycles. The number of rotatable bonds is 5. The van der Waals surface area contributed by atoms with E-state index >= 15 is 0 Å². The van der Waals surface area contributed by atoms with Crippen LogP contribution >= 0.6 is 11.6 Å². The lowest BCUT2D eigenvalue weighted by Crippen LogP contribution is -2.20. The molecule has 3 nitrogen and oxygen atoms in total.